The molecule has 0 amide bonds. The Morgan fingerprint density at radius 1 is 0.963 bits per heavy atom. The third-order valence-electron chi connectivity index (χ3n) is 6.89. The first-order valence-corrected chi connectivity index (χ1v) is 9.78. The fourth-order valence-electron chi connectivity index (χ4n) is 5.56. The van der Waals surface area contributed by atoms with Crippen molar-refractivity contribution in [2.45, 2.75) is 44.7 Å². The first-order chi connectivity index (χ1) is 13.0. The van der Waals surface area contributed by atoms with Gasteiger partial charge in [-0.15, -0.1) is 0 Å². The maximum Gasteiger partial charge on any atom is 0.135 e. The Kier molecular flexibility index (Phi) is 3.93. The van der Waals surface area contributed by atoms with Gasteiger partial charge in [-0.05, 0) is 63.4 Å². The van der Waals surface area contributed by atoms with Crippen molar-refractivity contribution < 1.29 is 8.78 Å². The Morgan fingerprint density at radius 3 is 2.37 bits per heavy atom. The quantitative estimate of drug-likeness (QED) is 0.811. The van der Waals surface area contributed by atoms with E-state index in [2.05, 4.69) is 26.7 Å². The lowest BCUT2D eigenvalue weighted by Crippen LogP contribution is -2.60. The number of anilines is 1. The average Bonchev–Trinajstić information content (AvgIpc) is 3.07. The normalized spacial score (nSPS) is 32.0. The molecule has 0 aliphatic carbocycles. The summed E-state index contributed by atoms with van der Waals surface area (Å²) in [5.74, 6) is 0.678. The van der Waals surface area contributed by atoms with Gasteiger partial charge in [-0.25, -0.2) is 18.7 Å². The number of nitrogens with zero attached hydrogens (tertiary/aromatic N) is 4. The van der Waals surface area contributed by atoms with Crippen LogP contribution in [0.15, 0.2) is 24.5 Å². The molecule has 6 rings (SSSR count). The Labute approximate surface area is 158 Å². The van der Waals surface area contributed by atoms with Gasteiger partial charge in [-0.1, -0.05) is 0 Å². The fraction of sp³-hybridized carbons (Fsp3) is 0.524. The molecule has 1 aromatic heterocycles. The van der Waals surface area contributed by atoms with E-state index in [4.69, 9.17) is 0 Å². The minimum atomic E-state index is -0.495. The standard InChI is InChI=1S/C21H24F2N4/c1-12-13(2)24-11-25-21(12)27-10-18(15-7-16(22)9-17(23)8-15)20-19(27)14-3-5-26(20)6-4-14/h7-9,11,14,18-20H,3-6,10H2,1-2H3/t18-,19+,20+/m0/s1. The van der Waals surface area contributed by atoms with Crippen LogP contribution in [0.1, 0.15) is 35.6 Å². The van der Waals surface area contributed by atoms with Crippen LogP contribution >= 0.6 is 0 Å². The van der Waals surface area contributed by atoms with Crippen molar-refractivity contribution in [3.05, 3.63) is 53.0 Å². The molecule has 4 saturated heterocycles. The summed E-state index contributed by atoms with van der Waals surface area (Å²) >= 11 is 0. The highest BCUT2D eigenvalue weighted by Gasteiger charge is 2.54. The zero-order valence-electron chi connectivity index (χ0n) is 15.7. The smallest absolute Gasteiger partial charge is 0.135 e. The number of halogens is 2. The highest BCUT2D eigenvalue weighted by molar-refractivity contribution is 5.52. The van der Waals surface area contributed by atoms with Crippen molar-refractivity contribution in [1.82, 2.24) is 14.9 Å². The first kappa shape index (κ1) is 17.0. The summed E-state index contributed by atoms with van der Waals surface area (Å²) < 4.78 is 27.9. The summed E-state index contributed by atoms with van der Waals surface area (Å²) in [6, 6.07) is 4.61. The van der Waals surface area contributed by atoms with E-state index in [0.717, 1.165) is 48.3 Å². The number of benzene rings is 1. The number of aromatic nitrogens is 2. The molecule has 4 nitrogen and oxygen atoms in total. The van der Waals surface area contributed by atoms with Crippen molar-refractivity contribution in [3.8, 4) is 0 Å². The van der Waals surface area contributed by atoms with E-state index in [1.165, 1.54) is 25.0 Å². The molecule has 0 radical (unpaired) electrons. The van der Waals surface area contributed by atoms with Crippen LogP contribution in [0, 0.1) is 31.4 Å². The average molecular weight is 370 g/mol. The maximum atomic E-state index is 13.9. The monoisotopic (exact) mass is 370 g/mol. The van der Waals surface area contributed by atoms with Gasteiger partial charge in [0.05, 0.1) is 0 Å². The molecule has 0 unspecified atom stereocenters. The molecule has 2 aromatic rings. The van der Waals surface area contributed by atoms with Crippen LogP contribution in [0.25, 0.3) is 0 Å². The third kappa shape index (κ3) is 2.64. The molecule has 3 atom stereocenters. The topological polar surface area (TPSA) is 32.3 Å². The van der Waals surface area contributed by atoms with Gasteiger partial charge in [0.2, 0.25) is 0 Å². The predicted octanol–water partition coefficient (Wildman–Crippen LogP) is 3.44. The fourth-order valence-corrected chi connectivity index (χ4v) is 5.56. The zero-order valence-corrected chi connectivity index (χ0v) is 15.7. The molecule has 0 spiro atoms. The summed E-state index contributed by atoms with van der Waals surface area (Å²) in [5.41, 5.74) is 2.85. The largest absolute Gasteiger partial charge is 0.351 e. The van der Waals surface area contributed by atoms with Crippen LogP contribution in [0.3, 0.4) is 0 Å². The van der Waals surface area contributed by atoms with Gasteiger partial charge in [-0.2, -0.15) is 0 Å². The number of hydrogen-bond donors (Lipinski definition) is 0. The molecule has 6 heteroatoms. The summed E-state index contributed by atoms with van der Waals surface area (Å²) in [4.78, 5) is 13.9. The van der Waals surface area contributed by atoms with Crippen LogP contribution in [0.2, 0.25) is 0 Å². The van der Waals surface area contributed by atoms with Crippen LogP contribution in [-0.2, 0) is 0 Å². The Balaban J connectivity index is 1.61. The van der Waals surface area contributed by atoms with Gasteiger partial charge in [-0.3, -0.25) is 4.90 Å². The van der Waals surface area contributed by atoms with Crippen molar-refractivity contribution in [3.63, 3.8) is 0 Å². The molecule has 0 N–H and O–H groups in total. The van der Waals surface area contributed by atoms with Gasteiger partial charge in [0.15, 0.2) is 0 Å². The van der Waals surface area contributed by atoms with Crippen molar-refractivity contribution in [2.24, 2.45) is 5.92 Å². The van der Waals surface area contributed by atoms with Crippen LogP contribution in [-0.4, -0.2) is 46.6 Å². The van der Waals surface area contributed by atoms with Crippen molar-refractivity contribution in [2.75, 3.05) is 24.5 Å². The lowest BCUT2D eigenvalue weighted by molar-refractivity contribution is 0.0353. The van der Waals surface area contributed by atoms with E-state index in [9.17, 15) is 8.78 Å². The molecule has 0 saturated carbocycles. The zero-order chi connectivity index (χ0) is 18.7. The number of fused-ring (bicyclic) bond motifs is 2. The summed E-state index contributed by atoms with van der Waals surface area (Å²) in [6.07, 6.45) is 4.00. The lowest BCUT2D eigenvalue weighted by Gasteiger charge is -2.51. The second-order valence-electron chi connectivity index (χ2n) is 8.22. The molecule has 27 heavy (non-hydrogen) atoms. The van der Waals surface area contributed by atoms with Crippen molar-refractivity contribution >= 4 is 5.82 Å². The van der Waals surface area contributed by atoms with Gasteiger partial charge >= 0.3 is 0 Å². The molecule has 2 bridgehead atoms. The highest BCUT2D eigenvalue weighted by atomic mass is 19.1. The molecule has 4 aliphatic rings. The Morgan fingerprint density at radius 2 is 1.67 bits per heavy atom. The van der Waals surface area contributed by atoms with E-state index in [0.29, 0.717) is 12.0 Å². The van der Waals surface area contributed by atoms with E-state index < -0.39 is 11.6 Å². The first-order valence-electron chi connectivity index (χ1n) is 9.78. The predicted molar refractivity (Wildman–Crippen MR) is 99.8 cm³/mol. The summed E-state index contributed by atoms with van der Waals surface area (Å²) in [6.45, 7) is 6.97. The number of piperidine rings is 3. The minimum absolute atomic E-state index is 0.0815. The lowest BCUT2D eigenvalue weighted by atomic mass is 9.75. The van der Waals surface area contributed by atoms with Crippen LogP contribution in [0.4, 0.5) is 14.6 Å². The van der Waals surface area contributed by atoms with Crippen LogP contribution < -0.4 is 4.90 Å². The number of aryl methyl sites for hydroxylation is 1. The minimum Gasteiger partial charge on any atom is -0.351 e. The van der Waals surface area contributed by atoms with Gasteiger partial charge in [0.1, 0.15) is 23.8 Å². The second-order valence-corrected chi connectivity index (χ2v) is 8.22. The molecule has 4 aliphatic heterocycles. The second kappa shape index (κ2) is 6.23. The molecule has 1 aromatic carbocycles. The maximum absolute atomic E-state index is 13.9. The summed E-state index contributed by atoms with van der Waals surface area (Å²) in [7, 11) is 0. The molecule has 142 valence electrons. The van der Waals surface area contributed by atoms with Gasteiger partial charge in [0.25, 0.3) is 0 Å². The number of hydrogen-bond acceptors (Lipinski definition) is 4. The van der Waals surface area contributed by atoms with E-state index >= 15 is 0 Å². The SMILES string of the molecule is Cc1ncnc(N2C[C@@H](c3cc(F)cc(F)c3)[C@@H]3[C@H]2C2CCN3CC2)c1C. The van der Waals surface area contributed by atoms with E-state index in [1.54, 1.807) is 6.33 Å². The van der Waals surface area contributed by atoms with E-state index in [1.807, 2.05) is 6.92 Å². The van der Waals surface area contributed by atoms with Gasteiger partial charge in [0, 0.05) is 41.9 Å². The third-order valence-corrected chi connectivity index (χ3v) is 6.89. The molecular formula is C21H24F2N4. The molecular weight excluding hydrogens is 346 g/mol. The summed E-state index contributed by atoms with van der Waals surface area (Å²) in [5, 5.41) is 0. The Bertz CT molecular complexity index is 858. The van der Waals surface area contributed by atoms with Crippen molar-refractivity contribution in [1.29, 1.82) is 0 Å². The van der Waals surface area contributed by atoms with E-state index in [-0.39, 0.29) is 12.0 Å². The number of rotatable bonds is 2. The van der Waals surface area contributed by atoms with Gasteiger partial charge < -0.3 is 4.90 Å². The molecule has 4 fully saturated rings. The van der Waals surface area contributed by atoms with Crippen LogP contribution in [0.5, 0.6) is 0 Å². The Hall–Kier alpha value is -2.08. The highest BCUT2D eigenvalue weighted by Crippen LogP contribution is 2.48. The molecule has 5 heterocycles.